The molecule has 33 heavy (non-hydrogen) atoms. The summed E-state index contributed by atoms with van der Waals surface area (Å²) in [6.07, 6.45) is 0. The average molecular weight is 491 g/mol. The standard InChI is InChI=1S/C22H16F2N2O5S2/c1-30-17-5-3-4-13(23)12(17)9-32-11-6-7-14(24)16(8-11)26-20(27)18-15(25-22(26)29)10-33-19(18)21(28)31-2/h3-8,10H,9H2,1-2H3,(H,25,29). The van der Waals surface area contributed by atoms with Crippen molar-refractivity contribution in [2.24, 2.45) is 0 Å². The number of carbonyl (C=O) groups excluding carboxylic acids is 1. The molecule has 0 spiro atoms. The van der Waals surface area contributed by atoms with Gasteiger partial charge < -0.3 is 14.5 Å². The average Bonchev–Trinajstić information content (AvgIpc) is 3.23. The second-order valence-electron chi connectivity index (χ2n) is 6.74. The van der Waals surface area contributed by atoms with Crippen LogP contribution >= 0.6 is 23.1 Å². The molecule has 0 fully saturated rings. The lowest BCUT2D eigenvalue weighted by atomic mass is 10.2. The monoisotopic (exact) mass is 490 g/mol. The second kappa shape index (κ2) is 9.20. The van der Waals surface area contributed by atoms with Crippen molar-refractivity contribution in [1.29, 1.82) is 0 Å². The summed E-state index contributed by atoms with van der Waals surface area (Å²) >= 11 is 2.11. The minimum atomic E-state index is -0.862. The summed E-state index contributed by atoms with van der Waals surface area (Å²) in [6, 6.07) is 8.35. The first-order valence-corrected chi connectivity index (χ1v) is 11.3. The third kappa shape index (κ3) is 4.16. The third-order valence-corrected chi connectivity index (χ3v) is 6.84. The first-order valence-electron chi connectivity index (χ1n) is 9.44. The predicted molar refractivity (Wildman–Crippen MR) is 122 cm³/mol. The van der Waals surface area contributed by atoms with Crippen LogP contribution in [0.5, 0.6) is 5.75 Å². The number of methoxy groups -OCH3 is 2. The number of rotatable bonds is 6. The van der Waals surface area contributed by atoms with Crippen LogP contribution in [0.15, 0.2) is 56.3 Å². The van der Waals surface area contributed by atoms with Crippen molar-refractivity contribution in [2.45, 2.75) is 10.6 Å². The molecule has 7 nitrogen and oxygen atoms in total. The van der Waals surface area contributed by atoms with Crippen LogP contribution in [0, 0.1) is 11.6 Å². The molecule has 0 bridgehead atoms. The molecule has 1 N–H and O–H groups in total. The Labute approximate surface area is 193 Å². The maximum Gasteiger partial charge on any atom is 0.348 e. The van der Waals surface area contributed by atoms with Gasteiger partial charge in [-0.05, 0) is 30.3 Å². The van der Waals surface area contributed by atoms with E-state index in [0.717, 1.165) is 17.4 Å². The minimum absolute atomic E-state index is 0.0000793. The van der Waals surface area contributed by atoms with E-state index < -0.39 is 28.9 Å². The van der Waals surface area contributed by atoms with Crippen LogP contribution < -0.4 is 16.0 Å². The fourth-order valence-corrected chi connectivity index (χ4v) is 5.14. The van der Waals surface area contributed by atoms with Gasteiger partial charge in [-0.1, -0.05) is 6.07 Å². The number of hydrogen-bond acceptors (Lipinski definition) is 7. The van der Waals surface area contributed by atoms with E-state index in [1.54, 1.807) is 6.07 Å². The van der Waals surface area contributed by atoms with Gasteiger partial charge in [-0.2, -0.15) is 0 Å². The van der Waals surface area contributed by atoms with Crippen LogP contribution in [-0.2, 0) is 10.5 Å². The van der Waals surface area contributed by atoms with Crippen molar-refractivity contribution in [1.82, 2.24) is 9.55 Å². The van der Waals surface area contributed by atoms with E-state index in [-0.39, 0.29) is 27.2 Å². The maximum atomic E-state index is 14.7. The number of nitrogens with one attached hydrogen (secondary N) is 1. The molecule has 0 radical (unpaired) electrons. The molecule has 0 saturated carbocycles. The molecule has 0 unspecified atom stereocenters. The number of thiophene rings is 1. The number of fused-ring (bicyclic) bond motifs is 1. The van der Waals surface area contributed by atoms with E-state index in [1.165, 1.54) is 55.6 Å². The molecule has 4 rings (SSSR count). The molecule has 2 aromatic carbocycles. The van der Waals surface area contributed by atoms with Gasteiger partial charge >= 0.3 is 11.7 Å². The fourth-order valence-electron chi connectivity index (χ4n) is 3.28. The SMILES string of the molecule is COC(=O)c1scc2[nH]c(=O)n(-c3cc(SCc4c(F)cccc4OC)ccc3F)c(=O)c12. The van der Waals surface area contributed by atoms with Gasteiger partial charge in [0, 0.05) is 21.6 Å². The van der Waals surface area contributed by atoms with Gasteiger partial charge in [0.25, 0.3) is 5.56 Å². The largest absolute Gasteiger partial charge is 0.496 e. The van der Waals surface area contributed by atoms with Crippen molar-refractivity contribution < 1.29 is 23.0 Å². The molecule has 2 aromatic heterocycles. The number of H-pyrrole nitrogens is 1. The van der Waals surface area contributed by atoms with Crippen molar-refractivity contribution in [2.75, 3.05) is 14.2 Å². The highest BCUT2D eigenvalue weighted by molar-refractivity contribution is 7.98. The number of thioether (sulfide) groups is 1. The molecule has 0 atom stereocenters. The normalized spacial score (nSPS) is 11.0. The first kappa shape index (κ1) is 22.7. The van der Waals surface area contributed by atoms with Gasteiger partial charge in [-0.25, -0.2) is 22.9 Å². The highest BCUT2D eigenvalue weighted by Crippen LogP contribution is 2.31. The number of esters is 1. The van der Waals surface area contributed by atoms with Gasteiger partial charge in [-0.15, -0.1) is 23.1 Å². The number of carbonyl (C=O) groups is 1. The van der Waals surface area contributed by atoms with Crippen molar-refractivity contribution in [3.05, 3.63) is 84.7 Å². The number of aromatic nitrogens is 2. The molecule has 2 heterocycles. The Hall–Kier alpha value is -3.44. The van der Waals surface area contributed by atoms with E-state index in [1.807, 2.05) is 0 Å². The summed E-state index contributed by atoms with van der Waals surface area (Å²) in [7, 11) is 2.60. The van der Waals surface area contributed by atoms with Crippen molar-refractivity contribution in [3.8, 4) is 11.4 Å². The smallest absolute Gasteiger partial charge is 0.348 e. The van der Waals surface area contributed by atoms with Crippen LogP contribution in [0.3, 0.4) is 0 Å². The Morgan fingerprint density at radius 1 is 1.15 bits per heavy atom. The highest BCUT2D eigenvalue weighted by atomic mass is 32.2. The van der Waals surface area contributed by atoms with Crippen LogP contribution in [0.2, 0.25) is 0 Å². The quantitative estimate of drug-likeness (QED) is 0.323. The van der Waals surface area contributed by atoms with Gasteiger partial charge in [-0.3, -0.25) is 4.79 Å². The van der Waals surface area contributed by atoms with Gasteiger partial charge in [0.05, 0.1) is 30.8 Å². The number of ether oxygens (including phenoxy) is 2. The van der Waals surface area contributed by atoms with Crippen molar-refractivity contribution in [3.63, 3.8) is 0 Å². The molecule has 0 aliphatic heterocycles. The lowest BCUT2D eigenvalue weighted by Crippen LogP contribution is -2.34. The Bertz CT molecular complexity index is 1490. The van der Waals surface area contributed by atoms with E-state index in [4.69, 9.17) is 9.47 Å². The van der Waals surface area contributed by atoms with E-state index in [2.05, 4.69) is 4.98 Å². The maximum absolute atomic E-state index is 14.7. The van der Waals surface area contributed by atoms with E-state index >= 15 is 0 Å². The molecule has 170 valence electrons. The molecule has 0 amide bonds. The Kier molecular flexibility index (Phi) is 6.34. The summed E-state index contributed by atoms with van der Waals surface area (Å²) in [4.78, 5) is 40.8. The van der Waals surface area contributed by atoms with Gasteiger partial charge in [0.2, 0.25) is 0 Å². The molecule has 0 aliphatic carbocycles. The van der Waals surface area contributed by atoms with Crippen LogP contribution in [0.4, 0.5) is 8.78 Å². The fraction of sp³-hybridized carbons (Fsp3) is 0.136. The van der Waals surface area contributed by atoms with E-state index in [0.29, 0.717) is 20.8 Å². The van der Waals surface area contributed by atoms with E-state index in [9.17, 15) is 23.2 Å². The highest BCUT2D eigenvalue weighted by Gasteiger charge is 2.21. The Morgan fingerprint density at radius 2 is 1.94 bits per heavy atom. The molecular formula is C22H16F2N2O5S2. The molecule has 4 aromatic rings. The minimum Gasteiger partial charge on any atom is -0.496 e. The Balaban J connectivity index is 1.78. The van der Waals surface area contributed by atoms with Gasteiger partial charge in [0.15, 0.2) is 0 Å². The zero-order valence-electron chi connectivity index (χ0n) is 17.3. The number of hydrogen-bond donors (Lipinski definition) is 1. The number of benzene rings is 2. The summed E-state index contributed by atoms with van der Waals surface area (Å²) in [6.45, 7) is 0. The molecule has 11 heteroatoms. The number of nitrogens with zero attached hydrogens (tertiary/aromatic N) is 1. The predicted octanol–water partition coefficient (Wildman–Crippen LogP) is 4.11. The Morgan fingerprint density at radius 3 is 2.67 bits per heavy atom. The summed E-state index contributed by atoms with van der Waals surface area (Å²) in [5, 5.41) is 1.37. The van der Waals surface area contributed by atoms with Crippen LogP contribution in [-0.4, -0.2) is 29.7 Å². The summed E-state index contributed by atoms with van der Waals surface area (Å²) in [5.41, 5.74) is -1.53. The number of aromatic amines is 1. The molecular weight excluding hydrogens is 474 g/mol. The molecule has 0 saturated heterocycles. The lowest BCUT2D eigenvalue weighted by Gasteiger charge is -2.11. The first-order chi connectivity index (χ1) is 15.8. The number of halogens is 2. The zero-order chi connectivity index (χ0) is 23.7. The third-order valence-electron chi connectivity index (χ3n) is 4.86. The van der Waals surface area contributed by atoms with Crippen LogP contribution in [0.25, 0.3) is 16.6 Å². The summed E-state index contributed by atoms with van der Waals surface area (Å²) in [5.74, 6) is -1.47. The summed E-state index contributed by atoms with van der Waals surface area (Å²) < 4.78 is 39.5. The molecule has 0 aliphatic rings. The topological polar surface area (TPSA) is 90.4 Å². The lowest BCUT2D eigenvalue weighted by molar-refractivity contribution is 0.0608. The van der Waals surface area contributed by atoms with Gasteiger partial charge in [0.1, 0.15) is 22.3 Å². The second-order valence-corrected chi connectivity index (χ2v) is 8.67. The van der Waals surface area contributed by atoms with Crippen LogP contribution in [0.1, 0.15) is 15.2 Å². The zero-order valence-corrected chi connectivity index (χ0v) is 18.9. The van der Waals surface area contributed by atoms with Crippen molar-refractivity contribution >= 4 is 40.0 Å².